The van der Waals surface area contributed by atoms with Crippen molar-refractivity contribution in [3.63, 3.8) is 0 Å². The van der Waals surface area contributed by atoms with Gasteiger partial charge in [-0.05, 0) is 20.8 Å². The van der Waals surface area contributed by atoms with Crippen LogP contribution in [0.15, 0.2) is 5.38 Å². The molecule has 0 saturated heterocycles. The lowest BCUT2D eigenvalue weighted by Gasteiger charge is -2.03. The van der Waals surface area contributed by atoms with Gasteiger partial charge >= 0.3 is 0 Å². The number of nitrogens with one attached hydrogen (secondary N) is 1. The van der Waals surface area contributed by atoms with Gasteiger partial charge in [0.15, 0.2) is 0 Å². The van der Waals surface area contributed by atoms with Gasteiger partial charge in [-0.1, -0.05) is 0 Å². The van der Waals surface area contributed by atoms with Crippen LogP contribution in [0.25, 0.3) is 0 Å². The van der Waals surface area contributed by atoms with Crippen molar-refractivity contribution in [1.29, 1.82) is 0 Å². The average molecular weight is 250 g/mol. The van der Waals surface area contributed by atoms with E-state index in [2.05, 4.69) is 34.6 Å². The standard InChI is InChI=1S/C12H18N4S/c1-8-12(9(2)16(4)15-8)6-13-5-11-7-17-10(3)14-11/h7,13H,5-6H2,1-4H3. The van der Waals surface area contributed by atoms with Crippen molar-refractivity contribution in [3.8, 4) is 0 Å². The Labute approximate surface area is 106 Å². The van der Waals surface area contributed by atoms with E-state index in [1.165, 1.54) is 11.3 Å². The van der Waals surface area contributed by atoms with E-state index in [1.807, 2.05) is 18.7 Å². The summed E-state index contributed by atoms with van der Waals surface area (Å²) in [6.07, 6.45) is 0. The van der Waals surface area contributed by atoms with Crippen molar-refractivity contribution in [3.05, 3.63) is 33.0 Å². The van der Waals surface area contributed by atoms with Gasteiger partial charge in [-0.3, -0.25) is 4.68 Å². The topological polar surface area (TPSA) is 42.7 Å². The molecule has 0 aliphatic rings. The maximum absolute atomic E-state index is 4.43. The van der Waals surface area contributed by atoms with Crippen molar-refractivity contribution >= 4 is 11.3 Å². The van der Waals surface area contributed by atoms with Gasteiger partial charge in [-0.15, -0.1) is 11.3 Å². The molecule has 92 valence electrons. The minimum absolute atomic E-state index is 0.818. The molecule has 0 saturated carbocycles. The number of hydrogen-bond donors (Lipinski definition) is 1. The second-order valence-electron chi connectivity index (χ2n) is 4.23. The van der Waals surface area contributed by atoms with Gasteiger partial charge in [0.05, 0.1) is 16.4 Å². The Hall–Kier alpha value is -1.20. The molecule has 2 aromatic heterocycles. The smallest absolute Gasteiger partial charge is 0.0897 e. The summed E-state index contributed by atoms with van der Waals surface area (Å²) in [5.41, 5.74) is 4.74. The third-order valence-electron chi connectivity index (χ3n) is 2.93. The number of aryl methyl sites for hydroxylation is 3. The molecule has 2 rings (SSSR count). The molecule has 0 amide bonds. The minimum Gasteiger partial charge on any atom is -0.307 e. The van der Waals surface area contributed by atoms with Gasteiger partial charge in [0, 0.05) is 36.8 Å². The molecule has 4 nitrogen and oxygen atoms in total. The van der Waals surface area contributed by atoms with Crippen LogP contribution in [-0.2, 0) is 20.1 Å². The predicted octanol–water partition coefficient (Wildman–Crippen LogP) is 2.09. The van der Waals surface area contributed by atoms with Gasteiger partial charge in [0.2, 0.25) is 0 Å². The summed E-state index contributed by atoms with van der Waals surface area (Å²) >= 11 is 1.69. The van der Waals surface area contributed by atoms with Crippen LogP contribution < -0.4 is 5.32 Å². The highest BCUT2D eigenvalue weighted by Crippen LogP contribution is 2.12. The third kappa shape index (κ3) is 2.73. The van der Waals surface area contributed by atoms with Crippen LogP contribution in [0, 0.1) is 20.8 Å². The quantitative estimate of drug-likeness (QED) is 0.903. The first-order chi connectivity index (χ1) is 8.08. The summed E-state index contributed by atoms with van der Waals surface area (Å²) < 4.78 is 1.93. The highest BCUT2D eigenvalue weighted by atomic mass is 32.1. The summed E-state index contributed by atoms with van der Waals surface area (Å²) in [4.78, 5) is 4.43. The van der Waals surface area contributed by atoms with Crippen LogP contribution >= 0.6 is 11.3 Å². The van der Waals surface area contributed by atoms with Gasteiger partial charge in [0.25, 0.3) is 0 Å². The number of hydrogen-bond acceptors (Lipinski definition) is 4. The molecule has 0 radical (unpaired) electrons. The Morgan fingerprint density at radius 2 is 2.06 bits per heavy atom. The Kier molecular flexibility index (Phi) is 3.59. The largest absolute Gasteiger partial charge is 0.307 e. The molecule has 1 N–H and O–H groups in total. The summed E-state index contributed by atoms with van der Waals surface area (Å²) in [5.74, 6) is 0. The van der Waals surface area contributed by atoms with Crippen molar-refractivity contribution in [1.82, 2.24) is 20.1 Å². The van der Waals surface area contributed by atoms with Gasteiger partial charge in [-0.2, -0.15) is 5.10 Å². The maximum atomic E-state index is 4.43. The Morgan fingerprint density at radius 3 is 2.59 bits per heavy atom. The van der Waals surface area contributed by atoms with Crippen molar-refractivity contribution < 1.29 is 0 Å². The molecule has 5 heteroatoms. The van der Waals surface area contributed by atoms with Crippen molar-refractivity contribution in [2.75, 3.05) is 0 Å². The predicted molar refractivity (Wildman–Crippen MR) is 70.1 cm³/mol. The lowest BCUT2D eigenvalue weighted by Crippen LogP contribution is -2.14. The summed E-state index contributed by atoms with van der Waals surface area (Å²) in [7, 11) is 1.98. The molecule has 0 fully saturated rings. The Balaban J connectivity index is 1.94. The molecule has 17 heavy (non-hydrogen) atoms. The average Bonchev–Trinajstić information content (AvgIpc) is 2.78. The van der Waals surface area contributed by atoms with E-state index in [-0.39, 0.29) is 0 Å². The monoisotopic (exact) mass is 250 g/mol. The first-order valence-electron chi connectivity index (χ1n) is 5.68. The third-order valence-corrected chi connectivity index (χ3v) is 3.76. The first kappa shape index (κ1) is 12.3. The van der Waals surface area contributed by atoms with Gasteiger partial charge in [-0.25, -0.2) is 4.98 Å². The van der Waals surface area contributed by atoms with E-state index in [9.17, 15) is 0 Å². The number of rotatable bonds is 4. The summed E-state index contributed by atoms with van der Waals surface area (Å²) in [6, 6.07) is 0. The molecule has 2 aromatic rings. The van der Waals surface area contributed by atoms with E-state index < -0.39 is 0 Å². The molecule has 0 spiro atoms. The van der Waals surface area contributed by atoms with E-state index in [0.717, 1.165) is 29.5 Å². The number of nitrogens with zero attached hydrogens (tertiary/aromatic N) is 3. The molecule has 0 aliphatic heterocycles. The molecule has 0 atom stereocenters. The van der Waals surface area contributed by atoms with Crippen LogP contribution in [0.1, 0.15) is 27.7 Å². The van der Waals surface area contributed by atoms with Crippen LogP contribution in [0.4, 0.5) is 0 Å². The highest BCUT2D eigenvalue weighted by molar-refractivity contribution is 7.09. The van der Waals surface area contributed by atoms with E-state index in [4.69, 9.17) is 0 Å². The number of thiazole rings is 1. The molecular formula is C12H18N4S. The van der Waals surface area contributed by atoms with Crippen LogP contribution in [0.5, 0.6) is 0 Å². The molecule has 0 unspecified atom stereocenters. The fourth-order valence-electron chi connectivity index (χ4n) is 1.88. The number of aromatic nitrogens is 3. The van der Waals surface area contributed by atoms with E-state index >= 15 is 0 Å². The van der Waals surface area contributed by atoms with Gasteiger partial charge < -0.3 is 5.32 Å². The fourth-order valence-corrected chi connectivity index (χ4v) is 2.49. The molecule has 0 aliphatic carbocycles. The zero-order valence-electron chi connectivity index (χ0n) is 10.7. The van der Waals surface area contributed by atoms with Crippen molar-refractivity contribution in [2.45, 2.75) is 33.9 Å². The highest BCUT2D eigenvalue weighted by Gasteiger charge is 2.08. The second kappa shape index (κ2) is 4.98. The minimum atomic E-state index is 0.818. The molecule has 0 aromatic carbocycles. The zero-order chi connectivity index (χ0) is 12.4. The van der Waals surface area contributed by atoms with Crippen LogP contribution in [-0.4, -0.2) is 14.8 Å². The second-order valence-corrected chi connectivity index (χ2v) is 5.30. The van der Waals surface area contributed by atoms with E-state index in [1.54, 1.807) is 11.3 Å². The van der Waals surface area contributed by atoms with Crippen LogP contribution in [0.2, 0.25) is 0 Å². The molecule has 0 bridgehead atoms. The SMILES string of the molecule is Cc1nc(CNCc2c(C)nn(C)c2C)cs1. The lowest BCUT2D eigenvalue weighted by atomic mass is 10.2. The molecular weight excluding hydrogens is 232 g/mol. The zero-order valence-corrected chi connectivity index (χ0v) is 11.6. The summed E-state index contributed by atoms with van der Waals surface area (Å²) in [6.45, 7) is 7.85. The molecule has 2 heterocycles. The normalized spacial score (nSPS) is 11.1. The van der Waals surface area contributed by atoms with Crippen molar-refractivity contribution in [2.24, 2.45) is 7.05 Å². The Morgan fingerprint density at radius 1 is 1.29 bits per heavy atom. The van der Waals surface area contributed by atoms with Gasteiger partial charge in [0.1, 0.15) is 0 Å². The van der Waals surface area contributed by atoms with E-state index in [0.29, 0.717) is 0 Å². The van der Waals surface area contributed by atoms with Crippen LogP contribution in [0.3, 0.4) is 0 Å². The maximum Gasteiger partial charge on any atom is 0.0897 e. The first-order valence-corrected chi connectivity index (χ1v) is 6.56. The lowest BCUT2D eigenvalue weighted by molar-refractivity contribution is 0.674. The Bertz CT molecular complexity index is 513. The fraction of sp³-hybridized carbons (Fsp3) is 0.500. The summed E-state index contributed by atoms with van der Waals surface area (Å²) in [5, 5.41) is 11.0.